The number of nitrogens with one attached hydrogen (secondary N) is 1. The topological polar surface area (TPSA) is 21.3 Å². The summed E-state index contributed by atoms with van der Waals surface area (Å²) in [6.07, 6.45) is 8.40. The molecule has 0 aromatic heterocycles. The monoisotopic (exact) mass is 409 g/mol. The van der Waals surface area contributed by atoms with Crippen molar-refractivity contribution >= 4 is 11.6 Å². The van der Waals surface area contributed by atoms with Gasteiger partial charge in [0.25, 0.3) is 0 Å². The van der Waals surface area contributed by atoms with Crippen LogP contribution in [0.25, 0.3) is 0 Å². The minimum atomic E-state index is 0.349. The van der Waals surface area contributed by atoms with Crippen LogP contribution in [0.2, 0.25) is 5.02 Å². The summed E-state index contributed by atoms with van der Waals surface area (Å²) in [5.74, 6) is 1.82. The van der Waals surface area contributed by atoms with Gasteiger partial charge in [-0.1, -0.05) is 55.8 Å². The van der Waals surface area contributed by atoms with Gasteiger partial charge < -0.3 is 10.1 Å². The van der Waals surface area contributed by atoms with Gasteiger partial charge in [0, 0.05) is 22.7 Å². The zero-order valence-electron chi connectivity index (χ0n) is 17.6. The van der Waals surface area contributed by atoms with Gasteiger partial charge in [-0.3, -0.25) is 0 Å². The second kappa shape index (κ2) is 7.03. The molecule has 4 aliphatic carbocycles. The average Bonchev–Trinajstić information content (AvgIpc) is 2.64. The van der Waals surface area contributed by atoms with E-state index in [1.165, 1.54) is 44.1 Å². The Morgan fingerprint density at radius 1 is 0.931 bits per heavy atom. The summed E-state index contributed by atoms with van der Waals surface area (Å²) in [4.78, 5) is 0. The quantitative estimate of drug-likeness (QED) is 0.569. The summed E-state index contributed by atoms with van der Waals surface area (Å²) in [6.45, 7) is 6.52. The van der Waals surface area contributed by atoms with Crippen LogP contribution in [0, 0.1) is 16.7 Å². The van der Waals surface area contributed by atoms with E-state index in [4.69, 9.17) is 16.3 Å². The Hall–Kier alpha value is -1.51. The molecule has 29 heavy (non-hydrogen) atoms. The Bertz CT molecular complexity index is 874. The van der Waals surface area contributed by atoms with Gasteiger partial charge >= 0.3 is 0 Å². The van der Waals surface area contributed by atoms with Crippen molar-refractivity contribution in [1.29, 1.82) is 0 Å². The fourth-order valence-electron chi connectivity index (χ4n) is 7.41. The first-order valence-electron chi connectivity index (χ1n) is 11.0. The number of halogens is 1. The van der Waals surface area contributed by atoms with Crippen molar-refractivity contribution in [3.05, 3.63) is 64.7 Å². The summed E-state index contributed by atoms with van der Waals surface area (Å²) in [5.41, 5.74) is 3.81. The Labute approximate surface area is 180 Å². The van der Waals surface area contributed by atoms with Crippen LogP contribution in [0.5, 0.6) is 5.75 Å². The highest BCUT2D eigenvalue weighted by molar-refractivity contribution is 6.31. The smallest absolute Gasteiger partial charge is 0.119 e. The summed E-state index contributed by atoms with van der Waals surface area (Å²) in [7, 11) is 0. The van der Waals surface area contributed by atoms with Crippen LogP contribution in [0.4, 0.5) is 0 Å². The molecular formula is C26H32ClNO. The molecule has 154 valence electrons. The molecule has 2 atom stereocenters. The maximum Gasteiger partial charge on any atom is 0.119 e. The molecule has 3 heteroatoms. The fraction of sp³-hybridized carbons (Fsp3) is 0.538. The highest BCUT2D eigenvalue weighted by Gasteiger charge is 2.59. The molecule has 0 saturated heterocycles. The molecule has 4 fully saturated rings. The van der Waals surface area contributed by atoms with E-state index < -0.39 is 0 Å². The molecule has 0 spiro atoms. The third kappa shape index (κ3) is 3.94. The Kier molecular flexibility index (Phi) is 4.71. The second-order valence-corrected chi connectivity index (χ2v) is 11.2. The lowest BCUT2D eigenvalue weighted by molar-refractivity contribution is -0.118. The number of ether oxygens (including phenoxy) is 1. The van der Waals surface area contributed by atoms with E-state index in [1.807, 2.05) is 24.3 Å². The summed E-state index contributed by atoms with van der Waals surface area (Å²) >= 11 is 6.22. The fourth-order valence-corrected chi connectivity index (χ4v) is 7.60. The van der Waals surface area contributed by atoms with Crippen LogP contribution < -0.4 is 10.1 Å². The predicted octanol–water partition coefficient (Wildman–Crippen LogP) is 6.76. The SMILES string of the molecule is CC12CC3CC(C)(C1)CC(NCc1ccc(OCc4ccccc4Cl)cc1)(C3)C2. The Morgan fingerprint density at radius 2 is 1.62 bits per heavy atom. The van der Waals surface area contributed by atoms with E-state index in [0.29, 0.717) is 23.0 Å². The molecule has 4 saturated carbocycles. The van der Waals surface area contributed by atoms with Crippen LogP contribution in [0.1, 0.15) is 63.5 Å². The molecule has 2 unspecified atom stereocenters. The van der Waals surface area contributed by atoms with E-state index in [0.717, 1.165) is 28.8 Å². The lowest BCUT2D eigenvalue weighted by Crippen LogP contribution is -2.63. The van der Waals surface area contributed by atoms with Gasteiger partial charge in [-0.25, -0.2) is 0 Å². The number of hydrogen-bond donors (Lipinski definition) is 1. The van der Waals surface area contributed by atoms with Gasteiger partial charge in [-0.05, 0) is 79.0 Å². The van der Waals surface area contributed by atoms with Crippen molar-refractivity contribution in [2.75, 3.05) is 0 Å². The van der Waals surface area contributed by atoms with Gasteiger partial charge in [0.2, 0.25) is 0 Å². The average molecular weight is 410 g/mol. The highest BCUT2D eigenvalue weighted by atomic mass is 35.5. The van der Waals surface area contributed by atoms with Crippen molar-refractivity contribution in [2.24, 2.45) is 16.7 Å². The molecule has 0 amide bonds. The molecule has 4 aliphatic rings. The zero-order valence-corrected chi connectivity index (χ0v) is 18.4. The first kappa shape index (κ1) is 19.5. The summed E-state index contributed by atoms with van der Waals surface area (Å²) in [5, 5.41) is 4.78. The van der Waals surface area contributed by atoms with Crippen molar-refractivity contribution in [2.45, 2.75) is 71.1 Å². The largest absolute Gasteiger partial charge is 0.489 e. The van der Waals surface area contributed by atoms with Crippen LogP contribution in [0.3, 0.4) is 0 Å². The molecule has 6 rings (SSSR count). The van der Waals surface area contributed by atoms with Gasteiger partial charge in [-0.2, -0.15) is 0 Å². The molecular weight excluding hydrogens is 378 g/mol. The molecule has 0 aliphatic heterocycles. The summed E-state index contributed by atoms with van der Waals surface area (Å²) < 4.78 is 5.93. The standard InChI is InChI=1S/C26H32ClNO/c1-24-11-20-12-25(2,16-24)18-26(13-20,17-24)28-14-19-7-9-22(10-8-19)29-15-21-5-3-4-6-23(21)27/h3-10,20,28H,11-18H2,1-2H3. The number of hydrogen-bond acceptors (Lipinski definition) is 2. The molecule has 2 nitrogen and oxygen atoms in total. The number of benzene rings is 2. The maximum absolute atomic E-state index is 6.22. The molecule has 1 N–H and O–H groups in total. The van der Waals surface area contributed by atoms with Gasteiger partial charge in [0.05, 0.1) is 0 Å². The van der Waals surface area contributed by atoms with Gasteiger partial charge in [0.15, 0.2) is 0 Å². The normalized spacial score (nSPS) is 35.1. The molecule has 0 heterocycles. The second-order valence-electron chi connectivity index (χ2n) is 10.8. The van der Waals surface area contributed by atoms with E-state index >= 15 is 0 Å². The zero-order chi connectivity index (χ0) is 20.1. The van der Waals surface area contributed by atoms with Crippen LogP contribution in [-0.2, 0) is 13.2 Å². The molecule has 2 aromatic carbocycles. The number of rotatable bonds is 6. The van der Waals surface area contributed by atoms with Crippen molar-refractivity contribution < 1.29 is 4.74 Å². The van der Waals surface area contributed by atoms with E-state index in [1.54, 1.807) is 0 Å². The minimum Gasteiger partial charge on any atom is -0.489 e. The van der Waals surface area contributed by atoms with Crippen LogP contribution >= 0.6 is 11.6 Å². The lowest BCUT2D eigenvalue weighted by atomic mass is 9.43. The minimum absolute atomic E-state index is 0.349. The van der Waals surface area contributed by atoms with E-state index in [2.05, 4.69) is 43.4 Å². The van der Waals surface area contributed by atoms with E-state index in [-0.39, 0.29) is 0 Å². The predicted molar refractivity (Wildman–Crippen MR) is 119 cm³/mol. The van der Waals surface area contributed by atoms with Crippen LogP contribution in [-0.4, -0.2) is 5.54 Å². The third-order valence-corrected chi connectivity index (χ3v) is 7.94. The Morgan fingerprint density at radius 3 is 2.28 bits per heavy atom. The molecule has 4 bridgehead atoms. The lowest BCUT2D eigenvalue weighted by Gasteiger charge is -2.65. The van der Waals surface area contributed by atoms with Crippen molar-refractivity contribution in [1.82, 2.24) is 5.32 Å². The summed E-state index contributed by atoms with van der Waals surface area (Å²) in [6, 6.07) is 16.4. The first-order valence-corrected chi connectivity index (χ1v) is 11.4. The molecule has 0 radical (unpaired) electrons. The van der Waals surface area contributed by atoms with E-state index in [9.17, 15) is 0 Å². The van der Waals surface area contributed by atoms with Gasteiger partial charge in [0.1, 0.15) is 12.4 Å². The first-order chi connectivity index (χ1) is 13.8. The van der Waals surface area contributed by atoms with Crippen molar-refractivity contribution in [3.8, 4) is 5.75 Å². The van der Waals surface area contributed by atoms with Gasteiger partial charge in [-0.15, -0.1) is 0 Å². The molecule has 2 aromatic rings. The van der Waals surface area contributed by atoms with Crippen LogP contribution in [0.15, 0.2) is 48.5 Å². The maximum atomic E-state index is 6.22. The van der Waals surface area contributed by atoms with Crippen molar-refractivity contribution in [3.63, 3.8) is 0 Å². The third-order valence-electron chi connectivity index (χ3n) is 7.57. The Balaban J connectivity index is 1.20. The highest BCUT2D eigenvalue weighted by Crippen LogP contribution is 2.66.